The van der Waals surface area contributed by atoms with Crippen molar-refractivity contribution in [1.29, 1.82) is 0 Å². The van der Waals surface area contributed by atoms with Crippen molar-refractivity contribution in [3.63, 3.8) is 0 Å². The van der Waals surface area contributed by atoms with E-state index in [-0.39, 0.29) is 12.3 Å². The topological polar surface area (TPSA) is 78.4 Å². The number of hydrogen-bond acceptors (Lipinski definition) is 4. The van der Waals surface area contributed by atoms with Crippen LogP contribution in [-0.2, 0) is 10.0 Å². The maximum Gasteiger partial charge on any atom is 0.211 e. The minimum Gasteiger partial charge on any atom is -0.387 e. The first-order chi connectivity index (χ1) is 7.47. The fourth-order valence-electron chi connectivity index (χ4n) is 1.75. The summed E-state index contributed by atoms with van der Waals surface area (Å²) in [5, 5.41) is 13.1. The highest BCUT2D eigenvalue weighted by Crippen LogP contribution is 2.14. The number of nitrogens with one attached hydrogen (secondary N) is 2. The highest BCUT2D eigenvalue weighted by Gasteiger charge is 2.30. The van der Waals surface area contributed by atoms with E-state index in [2.05, 4.69) is 10.0 Å². The molecule has 16 heavy (non-hydrogen) atoms. The molecule has 0 aromatic carbocycles. The van der Waals surface area contributed by atoms with E-state index in [9.17, 15) is 13.5 Å². The quantitative estimate of drug-likeness (QED) is 0.611. The smallest absolute Gasteiger partial charge is 0.211 e. The average Bonchev–Trinajstić information content (AvgIpc) is 2.25. The standard InChI is InChI=1S/C10H22N2O3S/c1-2-3-7-16(14,15)12-9-10(13)5-4-6-11-8-10/h11-13H,2-9H2,1H3. The molecule has 0 saturated carbocycles. The fraction of sp³-hybridized carbons (Fsp3) is 1.00. The van der Waals surface area contributed by atoms with E-state index in [1.165, 1.54) is 0 Å². The van der Waals surface area contributed by atoms with Gasteiger partial charge in [-0.25, -0.2) is 13.1 Å². The van der Waals surface area contributed by atoms with Crippen molar-refractivity contribution in [3.05, 3.63) is 0 Å². The van der Waals surface area contributed by atoms with Crippen LogP contribution in [-0.4, -0.2) is 44.5 Å². The minimum atomic E-state index is -3.22. The molecular weight excluding hydrogens is 228 g/mol. The molecule has 0 bridgehead atoms. The Morgan fingerprint density at radius 2 is 2.25 bits per heavy atom. The summed E-state index contributed by atoms with van der Waals surface area (Å²) in [6.45, 7) is 3.42. The van der Waals surface area contributed by atoms with Gasteiger partial charge in [-0.3, -0.25) is 0 Å². The largest absolute Gasteiger partial charge is 0.387 e. The van der Waals surface area contributed by atoms with Crippen LogP contribution in [0.2, 0.25) is 0 Å². The highest BCUT2D eigenvalue weighted by molar-refractivity contribution is 7.89. The van der Waals surface area contributed by atoms with Crippen LogP contribution >= 0.6 is 0 Å². The lowest BCUT2D eigenvalue weighted by atomic mass is 9.95. The Morgan fingerprint density at radius 1 is 1.50 bits per heavy atom. The van der Waals surface area contributed by atoms with Crippen LogP contribution in [0.5, 0.6) is 0 Å². The number of unbranched alkanes of at least 4 members (excludes halogenated alkanes) is 1. The molecule has 1 saturated heterocycles. The summed E-state index contributed by atoms with van der Waals surface area (Å²) in [7, 11) is -3.22. The molecule has 1 heterocycles. The van der Waals surface area contributed by atoms with Gasteiger partial charge in [-0.15, -0.1) is 0 Å². The van der Waals surface area contributed by atoms with Crippen molar-refractivity contribution in [2.24, 2.45) is 0 Å². The summed E-state index contributed by atoms with van der Waals surface area (Å²) in [6, 6.07) is 0. The monoisotopic (exact) mass is 250 g/mol. The van der Waals surface area contributed by atoms with Gasteiger partial charge in [0, 0.05) is 13.1 Å². The van der Waals surface area contributed by atoms with Gasteiger partial charge < -0.3 is 10.4 Å². The summed E-state index contributed by atoms with van der Waals surface area (Å²) < 4.78 is 25.5. The zero-order valence-corrected chi connectivity index (χ0v) is 10.6. The summed E-state index contributed by atoms with van der Waals surface area (Å²) in [4.78, 5) is 0. The lowest BCUT2D eigenvalue weighted by Crippen LogP contribution is -2.53. The summed E-state index contributed by atoms with van der Waals surface area (Å²) in [5.74, 6) is 0.146. The van der Waals surface area contributed by atoms with Gasteiger partial charge in [0.15, 0.2) is 0 Å². The number of sulfonamides is 1. The molecule has 0 aromatic heterocycles. The van der Waals surface area contributed by atoms with Gasteiger partial charge in [-0.1, -0.05) is 13.3 Å². The summed E-state index contributed by atoms with van der Waals surface area (Å²) in [5.41, 5.74) is -0.919. The number of aliphatic hydroxyl groups is 1. The third-order valence-corrected chi connectivity index (χ3v) is 4.25. The molecule has 1 aliphatic heterocycles. The minimum absolute atomic E-state index is 0.117. The van der Waals surface area contributed by atoms with Gasteiger partial charge in [0.1, 0.15) is 0 Å². The molecule has 5 nitrogen and oxygen atoms in total. The fourth-order valence-corrected chi connectivity index (χ4v) is 3.06. The first-order valence-electron chi connectivity index (χ1n) is 5.88. The zero-order valence-electron chi connectivity index (χ0n) is 9.83. The molecule has 1 rings (SSSR count). The third-order valence-electron chi connectivity index (χ3n) is 2.84. The Labute approximate surface area is 97.7 Å². The maximum atomic E-state index is 11.5. The molecule has 6 heteroatoms. The van der Waals surface area contributed by atoms with Crippen LogP contribution in [0.25, 0.3) is 0 Å². The second-order valence-corrected chi connectivity index (χ2v) is 6.42. The van der Waals surface area contributed by atoms with Crippen LogP contribution in [0.4, 0.5) is 0 Å². The van der Waals surface area contributed by atoms with E-state index in [1.807, 2.05) is 6.92 Å². The first-order valence-corrected chi connectivity index (χ1v) is 7.53. The van der Waals surface area contributed by atoms with Crippen molar-refractivity contribution in [3.8, 4) is 0 Å². The van der Waals surface area contributed by atoms with E-state index in [1.54, 1.807) is 0 Å². The maximum absolute atomic E-state index is 11.5. The predicted octanol–water partition coefficient (Wildman–Crippen LogP) is -0.180. The van der Waals surface area contributed by atoms with Crippen molar-refractivity contribution < 1.29 is 13.5 Å². The van der Waals surface area contributed by atoms with Crippen molar-refractivity contribution in [2.75, 3.05) is 25.4 Å². The van der Waals surface area contributed by atoms with Gasteiger partial charge >= 0.3 is 0 Å². The molecule has 3 N–H and O–H groups in total. The van der Waals surface area contributed by atoms with E-state index >= 15 is 0 Å². The van der Waals surface area contributed by atoms with Crippen LogP contribution < -0.4 is 10.0 Å². The van der Waals surface area contributed by atoms with Crippen LogP contribution in [0.15, 0.2) is 0 Å². The molecule has 0 aromatic rings. The predicted molar refractivity (Wildman–Crippen MR) is 63.8 cm³/mol. The number of β-amino-alcohol motifs (C(OH)–C–C–N with tert-alkyl or cyclic N) is 1. The van der Waals surface area contributed by atoms with Crippen LogP contribution in [0.1, 0.15) is 32.6 Å². The number of hydrogen-bond donors (Lipinski definition) is 3. The van der Waals surface area contributed by atoms with Crippen molar-refractivity contribution >= 4 is 10.0 Å². The third kappa shape index (κ3) is 4.78. The zero-order chi connectivity index (χ0) is 12.1. The molecule has 1 aliphatic rings. The molecule has 0 aliphatic carbocycles. The molecule has 96 valence electrons. The Morgan fingerprint density at radius 3 is 2.81 bits per heavy atom. The van der Waals surface area contributed by atoms with Gasteiger partial charge in [0.05, 0.1) is 11.4 Å². The Kier molecular flexibility index (Phi) is 5.17. The normalized spacial score (nSPS) is 26.9. The lowest BCUT2D eigenvalue weighted by molar-refractivity contribution is 0.0218. The molecule has 1 unspecified atom stereocenters. The highest BCUT2D eigenvalue weighted by atomic mass is 32.2. The molecule has 0 amide bonds. The van der Waals surface area contributed by atoms with Crippen molar-refractivity contribution in [1.82, 2.24) is 10.0 Å². The Bertz CT molecular complexity index is 297. The van der Waals surface area contributed by atoms with E-state index in [0.29, 0.717) is 19.4 Å². The molecule has 1 atom stereocenters. The summed E-state index contributed by atoms with van der Waals surface area (Å²) >= 11 is 0. The van der Waals surface area contributed by atoms with E-state index in [0.717, 1.165) is 19.4 Å². The molecule has 1 fully saturated rings. The van der Waals surface area contributed by atoms with E-state index in [4.69, 9.17) is 0 Å². The molecular formula is C10H22N2O3S. The van der Waals surface area contributed by atoms with Gasteiger partial charge in [-0.2, -0.15) is 0 Å². The van der Waals surface area contributed by atoms with Gasteiger partial charge in [0.2, 0.25) is 10.0 Å². The van der Waals surface area contributed by atoms with Crippen LogP contribution in [0, 0.1) is 0 Å². The van der Waals surface area contributed by atoms with Crippen molar-refractivity contribution in [2.45, 2.75) is 38.2 Å². The van der Waals surface area contributed by atoms with E-state index < -0.39 is 15.6 Å². The lowest BCUT2D eigenvalue weighted by Gasteiger charge is -2.32. The number of piperidine rings is 1. The number of rotatable bonds is 6. The SMILES string of the molecule is CCCCS(=O)(=O)NCC1(O)CCCNC1. The Balaban J connectivity index is 2.37. The van der Waals surface area contributed by atoms with Gasteiger partial charge in [0.25, 0.3) is 0 Å². The summed E-state index contributed by atoms with van der Waals surface area (Å²) in [6.07, 6.45) is 3.04. The second kappa shape index (κ2) is 5.95. The van der Waals surface area contributed by atoms with Gasteiger partial charge in [-0.05, 0) is 25.8 Å². The molecule has 0 radical (unpaired) electrons. The average molecular weight is 250 g/mol. The molecule has 0 spiro atoms. The first kappa shape index (κ1) is 13.9. The van der Waals surface area contributed by atoms with Crippen LogP contribution in [0.3, 0.4) is 0 Å². The Hall–Kier alpha value is -0.170. The second-order valence-electron chi connectivity index (χ2n) is 4.50.